The molecule has 1 saturated heterocycles. The van der Waals surface area contributed by atoms with E-state index in [0.717, 1.165) is 35.6 Å². The summed E-state index contributed by atoms with van der Waals surface area (Å²) in [6.07, 6.45) is 4.49. The molecule has 7 nitrogen and oxygen atoms in total. The first-order chi connectivity index (χ1) is 15.1. The number of hydrogen-bond donors (Lipinski definition) is 0. The number of hydrogen-bond acceptors (Lipinski definition) is 5. The van der Waals surface area contributed by atoms with Crippen molar-refractivity contribution in [2.75, 3.05) is 13.1 Å². The zero-order valence-electron chi connectivity index (χ0n) is 17.5. The number of amides is 2. The van der Waals surface area contributed by atoms with Crippen molar-refractivity contribution in [3.8, 4) is 0 Å². The number of carbonyl (C=O) groups excluding carboxylic acids is 2. The van der Waals surface area contributed by atoms with E-state index in [9.17, 15) is 9.59 Å². The van der Waals surface area contributed by atoms with Crippen molar-refractivity contribution in [2.24, 2.45) is 0 Å². The van der Waals surface area contributed by atoms with E-state index in [2.05, 4.69) is 22.4 Å². The van der Waals surface area contributed by atoms with Crippen molar-refractivity contribution < 1.29 is 9.59 Å². The Kier molecular flexibility index (Phi) is 5.31. The summed E-state index contributed by atoms with van der Waals surface area (Å²) in [5, 5.41) is 8.34. The van der Waals surface area contributed by atoms with E-state index in [1.807, 2.05) is 41.0 Å². The highest BCUT2D eigenvalue weighted by Crippen LogP contribution is 2.25. The number of aryl methyl sites for hydroxylation is 1. The summed E-state index contributed by atoms with van der Waals surface area (Å²) in [6, 6.07) is 12.2. The number of likely N-dealkylation sites (tertiary alicyclic amines) is 1. The maximum atomic E-state index is 13.0. The van der Waals surface area contributed by atoms with Crippen LogP contribution in [0.25, 0.3) is 0 Å². The van der Waals surface area contributed by atoms with E-state index in [1.54, 1.807) is 10.9 Å². The topological polar surface area (TPSA) is 71.3 Å². The van der Waals surface area contributed by atoms with Crippen molar-refractivity contribution in [2.45, 2.75) is 45.3 Å². The molecule has 0 saturated carbocycles. The van der Waals surface area contributed by atoms with Gasteiger partial charge in [0.05, 0.1) is 23.7 Å². The summed E-state index contributed by atoms with van der Waals surface area (Å²) < 4.78 is 1.71. The third kappa shape index (κ3) is 3.99. The highest BCUT2D eigenvalue weighted by atomic mass is 32.1. The number of carbonyl (C=O) groups is 2. The molecule has 5 rings (SSSR count). The van der Waals surface area contributed by atoms with Crippen LogP contribution in [0.4, 0.5) is 0 Å². The van der Waals surface area contributed by atoms with E-state index in [-0.39, 0.29) is 17.9 Å². The summed E-state index contributed by atoms with van der Waals surface area (Å²) in [5.41, 5.74) is 2.87. The van der Waals surface area contributed by atoms with Crippen LogP contribution >= 0.6 is 11.3 Å². The summed E-state index contributed by atoms with van der Waals surface area (Å²) in [7, 11) is 0. The van der Waals surface area contributed by atoms with E-state index < -0.39 is 0 Å². The highest BCUT2D eigenvalue weighted by molar-refractivity contribution is 7.13. The lowest BCUT2D eigenvalue weighted by Crippen LogP contribution is -2.38. The Balaban J connectivity index is 1.25. The number of benzene rings is 1. The van der Waals surface area contributed by atoms with Gasteiger partial charge in [-0.15, -0.1) is 16.4 Å². The lowest BCUT2D eigenvalue weighted by atomic mass is 10.00. The number of fused-ring (bicyclic) bond motifs is 1. The zero-order valence-corrected chi connectivity index (χ0v) is 18.3. The van der Waals surface area contributed by atoms with Gasteiger partial charge in [0.25, 0.3) is 11.8 Å². The van der Waals surface area contributed by atoms with E-state index in [0.29, 0.717) is 25.3 Å². The molecule has 8 heteroatoms. The molecule has 2 aromatic heterocycles. The van der Waals surface area contributed by atoms with Gasteiger partial charge in [-0.05, 0) is 49.4 Å². The predicted octanol–water partition coefficient (Wildman–Crippen LogP) is 3.15. The van der Waals surface area contributed by atoms with Crippen LogP contribution in [0.2, 0.25) is 0 Å². The van der Waals surface area contributed by atoms with Gasteiger partial charge >= 0.3 is 0 Å². The highest BCUT2D eigenvalue weighted by Gasteiger charge is 2.31. The second kappa shape index (κ2) is 8.26. The molecule has 0 spiro atoms. The van der Waals surface area contributed by atoms with Crippen molar-refractivity contribution in [1.29, 1.82) is 0 Å². The fraction of sp³-hybridized carbons (Fsp3) is 0.391. The molecule has 31 heavy (non-hydrogen) atoms. The molecule has 0 N–H and O–H groups in total. The van der Waals surface area contributed by atoms with Crippen LogP contribution in [0.1, 0.15) is 49.0 Å². The van der Waals surface area contributed by atoms with Gasteiger partial charge in [0, 0.05) is 24.5 Å². The minimum Gasteiger partial charge on any atom is -0.333 e. The van der Waals surface area contributed by atoms with Gasteiger partial charge in [0.2, 0.25) is 0 Å². The van der Waals surface area contributed by atoms with Gasteiger partial charge in [-0.3, -0.25) is 9.59 Å². The molecule has 2 aliphatic rings. The Labute approximate surface area is 185 Å². The first kappa shape index (κ1) is 19.9. The lowest BCUT2D eigenvalue weighted by molar-refractivity contribution is 0.0717. The second-order valence-electron chi connectivity index (χ2n) is 8.28. The summed E-state index contributed by atoms with van der Waals surface area (Å²) in [5.74, 6) is -0.00170. The molecular formula is C23H25N5O2S. The van der Waals surface area contributed by atoms with Gasteiger partial charge in [0.15, 0.2) is 5.69 Å². The molecule has 2 aliphatic heterocycles. The quantitative estimate of drug-likeness (QED) is 0.631. The molecule has 0 unspecified atom stereocenters. The van der Waals surface area contributed by atoms with Crippen molar-refractivity contribution in [3.63, 3.8) is 0 Å². The SMILES string of the molecule is Cc1ccc(C(=O)N2CCC[C@H]2Cn2cc(C(=O)N3CCc4ccccc4C3)nn2)s1. The standard InChI is InChI=1S/C23H25N5O2S/c1-16-8-9-21(31-16)23(30)28-11-4-7-19(28)14-27-15-20(24-25-27)22(29)26-12-10-17-5-2-3-6-18(17)13-26/h2-3,5-6,8-9,15,19H,4,7,10-14H2,1H3/t19-/m0/s1. The lowest BCUT2D eigenvalue weighted by Gasteiger charge is -2.28. The third-order valence-electron chi connectivity index (χ3n) is 6.16. The molecule has 0 aliphatic carbocycles. The molecule has 160 valence electrons. The maximum Gasteiger partial charge on any atom is 0.276 e. The van der Waals surface area contributed by atoms with Crippen LogP contribution < -0.4 is 0 Å². The van der Waals surface area contributed by atoms with Gasteiger partial charge < -0.3 is 9.80 Å². The summed E-state index contributed by atoms with van der Waals surface area (Å²) in [4.78, 5) is 31.6. The average Bonchev–Trinajstić information content (AvgIpc) is 3.54. The number of thiophene rings is 1. The normalized spacial score (nSPS) is 18.3. The molecule has 1 atom stereocenters. The summed E-state index contributed by atoms with van der Waals surface area (Å²) in [6.45, 7) is 4.62. The Morgan fingerprint density at radius 1 is 1.10 bits per heavy atom. The molecule has 2 amide bonds. The van der Waals surface area contributed by atoms with Crippen LogP contribution in [0.15, 0.2) is 42.6 Å². The molecule has 4 heterocycles. The van der Waals surface area contributed by atoms with Gasteiger partial charge in [-0.1, -0.05) is 29.5 Å². The Bertz CT molecular complexity index is 1120. The molecule has 3 aromatic rings. The predicted molar refractivity (Wildman–Crippen MR) is 118 cm³/mol. The van der Waals surface area contributed by atoms with Crippen molar-refractivity contribution in [1.82, 2.24) is 24.8 Å². The van der Waals surface area contributed by atoms with Crippen LogP contribution in [0, 0.1) is 6.92 Å². The average molecular weight is 436 g/mol. The van der Waals surface area contributed by atoms with Crippen molar-refractivity contribution >= 4 is 23.2 Å². The molecule has 0 radical (unpaired) electrons. The minimum absolute atomic E-state index is 0.0708. The molecule has 1 aromatic carbocycles. The van der Waals surface area contributed by atoms with Gasteiger partial charge in [0.1, 0.15) is 0 Å². The van der Waals surface area contributed by atoms with Gasteiger partial charge in [-0.2, -0.15) is 0 Å². The summed E-state index contributed by atoms with van der Waals surface area (Å²) >= 11 is 1.53. The van der Waals surface area contributed by atoms with Crippen LogP contribution in [-0.2, 0) is 19.5 Å². The monoisotopic (exact) mass is 435 g/mol. The Hall–Kier alpha value is -3.00. The molecule has 1 fully saturated rings. The van der Waals surface area contributed by atoms with Crippen molar-refractivity contribution in [3.05, 3.63) is 69.2 Å². The minimum atomic E-state index is -0.0887. The Morgan fingerprint density at radius 3 is 2.74 bits per heavy atom. The number of rotatable bonds is 4. The fourth-order valence-corrected chi connectivity index (χ4v) is 5.34. The smallest absolute Gasteiger partial charge is 0.276 e. The Morgan fingerprint density at radius 2 is 1.94 bits per heavy atom. The number of nitrogens with zero attached hydrogens (tertiary/aromatic N) is 5. The van der Waals surface area contributed by atoms with E-state index in [4.69, 9.17) is 0 Å². The molecular weight excluding hydrogens is 410 g/mol. The van der Waals surface area contributed by atoms with Crippen LogP contribution in [0.3, 0.4) is 0 Å². The van der Waals surface area contributed by atoms with Crippen LogP contribution in [-0.4, -0.2) is 55.7 Å². The first-order valence-corrected chi connectivity index (χ1v) is 11.5. The molecule has 0 bridgehead atoms. The zero-order chi connectivity index (χ0) is 21.4. The van der Waals surface area contributed by atoms with E-state index >= 15 is 0 Å². The maximum absolute atomic E-state index is 13.0. The fourth-order valence-electron chi connectivity index (χ4n) is 4.52. The van der Waals surface area contributed by atoms with Crippen LogP contribution in [0.5, 0.6) is 0 Å². The second-order valence-corrected chi connectivity index (χ2v) is 9.56. The third-order valence-corrected chi connectivity index (χ3v) is 7.15. The first-order valence-electron chi connectivity index (χ1n) is 10.7. The number of aromatic nitrogens is 3. The van der Waals surface area contributed by atoms with Gasteiger partial charge in [-0.25, -0.2) is 4.68 Å². The van der Waals surface area contributed by atoms with E-state index in [1.165, 1.54) is 22.5 Å². The largest absolute Gasteiger partial charge is 0.333 e.